The first-order valence-electron chi connectivity index (χ1n) is 9.37. The van der Waals surface area contributed by atoms with Crippen molar-refractivity contribution in [3.63, 3.8) is 0 Å². The lowest BCUT2D eigenvalue weighted by Gasteiger charge is -2.31. The van der Waals surface area contributed by atoms with Gasteiger partial charge in [0.2, 0.25) is 15.9 Å². The Kier molecular flexibility index (Phi) is 5.88. The molecule has 1 heterocycles. The smallest absolute Gasteiger partial charge is 0.243 e. The SMILES string of the molecule is CN1CCN(S(=O)(=O)c2ccc(NC(=O)C(C)(C)c3ccccc3)cc2)CC1. The van der Waals surface area contributed by atoms with E-state index in [1.54, 1.807) is 24.3 Å². The van der Waals surface area contributed by atoms with Gasteiger partial charge in [-0.1, -0.05) is 30.3 Å². The Labute approximate surface area is 167 Å². The summed E-state index contributed by atoms with van der Waals surface area (Å²) in [5, 5.41) is 2.89. The second-order valence-electron chi connectivity index (χ2n) is 7.68. The third-order valence-electron chi connectivity index (χ3n) is 5.28. The number of rotatable bonds is 5. The number of piperazine rings is 1. The molecule has 0 spiro atoms. The van der Waals surface area contributed by atoms with Crippen molar-refractivity contribution in [3.8, 4) is 0 Å². The predicted molar refractivity (Wildman–Crippen MR) is 111 cm³/mol. The van der Waals surface area contributed by atoms with Crippen LogP contribution in [0.5, 0.6) is 0 Å². The summed E-state index contributed by atoms with van der Waals surface area (Å²) >= 11 is 0. The maximum atomic E-state index is 12.8. The molecule has 0 unspecified atom stereocenters. The van der Waals surface area contributed by atoms with E-state index < -0.39 is 15.4 Å². The van der Waals surface area contributed by atoms with Crippen LogP contribution in [0.25, 0.3) is 0 Å². The first-order valence-corrected chi connectivity index (χ1v) is 10.8. The van der Waals surface area contributed by atoms with E-state index in [4.69, 9.17) is 0 Å². The Morgan fingerprint density at radius 1 is 0.929 bits per heavy atom. The molecule has 2 aromatic rings. The van der Waals surface area contributed by atoms with Crippen LogP contribution in [0.1, 0.15) is 19.4 Å². The molecule has 1 saturated heterocycles. The zero-order valence-corrected chi connectivity index (χ0v) is 17.4. The highest BCUT2D eigenvalue weighted by Gasteiger charge is 2.30. The Balaban J connectivity index is 1.71. The van der Waals surface area contributed by atoms with Crippen molar-refractivity contribution in [2.75, 3.05) is 38.5 Å². The molecule has 0 aliphatic carbocycles. The minimum Gasteiger partial charge on any atom is -0.325 e. The summed E-state index contributed by atoms with van der Waals surface area (Å²) in [6.07, 6.45) is 0. The van der Waals surface area contributed by atoms with Crippen LogP contribution in [0.2, 0.25) is 0 Å². The molecule has 28 heavy (non-hydrogen) atoms. The molecule has 1 N–H and O–H groups in total. The number of hydrogen-bond acceptors (Lipinski definition) is 4. The van der Waals surface area contributed by atoms with Crippen molar-refractivity contribution in [2.24, 2.45) is 0 Å². The average Bonchev–Trinajstić information content (AvgIpc) is 2.69. The van der Waals surface area contributed by atoms with Crippen LogP contribution in [-0.4, -0.2) is 56.8 Å². The summed E-state index contributed by atoms with van der Waals surface area (Å²) in [4.78, 5) is 15.1. The fourth-order valence-corrected chi connectivity index (χ4v) is 4.58. The molecule has 3 rings (SSSR count). The average molecular weight is 402 g/mol. The number of carbonyl (C=O) groups is 1. The van der Waals surface area contributed by atoms with Crippen molar-refractivity contribution in [3.05, 3.63) is 60.2 Å². The molecule has 0 radical (unpaired) electrons. The van der Waals surface area contributed by atoms with Gasteiger partial charge in [-0.15, -0.1) is 0 Å². The Morgan fingerprint density at radius 3 is 2.07 bits per heavy atom. The van der Waals surface area contributed by atoms with Crippen molar-refractivity contribution in [1.82, 2.24) is 9.21 Å². The molecule has 0 atom stereocenters. The van der Waals surface area contributed by atoms with Crippen molar-refractivity contribution in [2.45, 2.75) is 24.2 Å². The quantitative estimate of drug-likeness (QED) is 0.836. The lowest BCUT2D eigenvalue weighted by atomic mass is 9.83. The molecule has 1 aliphatic rings. The van der Waals surface area contributed by atoms with Crippen LogP contribution < -0.4 is 5.32 Å². The molecular weight excluding hydrogens is 374 g/mol. The van der Waals surface area contributed by atoms with Gasteiger partial charge in [-0.05, 0) is 50.7 Å². The number of likely N-dealkylation sites (N-methyl/N-ethyl adjacent to an activating group) is 1. The zero-order chi connectivity index (χ0) is 20.4. The van der Waals surface area contributed by atoms with Crippen LogP contribution in [0, 0.1) is 0 Å². The largest absolute Gasteiger partial charge is 0.325 e. The maximum absolute atomic E-state index is 12.8. The van der Waals surface area contributed by atoms with Crippen LogP contribution in [0.4, 0.5) is 5.69 Å². The normalized spacial score (nSPS) is 16.7. The van der Waals surface area contributed by atoms with E-state index in [2.05, 4.69) is 10.2 Å². The van der Waals surface area contributed by atoms with E-state index in [1.807, 2.05) is 51.2 Å². The summed E-state index contributed by atoms with van der Waals surface area (Å²) in [6, 6.07) is 16.0. The van der Waals surface area contributed by atoms with E-state index in [0.29, 0.717) is 18.8 Å². The number of anilines is 1. The molecule has 150 valence electrons. The fraction of sp³-hybridized carbons (Fsp3) is 0.381. The standard InChI is InChI=1S/C21H27N3O3S/c1-21(2,17-7-5-4-6-8-17)20(25)22-18-9-11-19(12-10-18)28(26,27)24-15-13-23(3)14-16-24/h4-12H,13-16H2,1-3H3,(H,22,25). The van der Waals surface area contributed by atoms with Gasteiger partial charge < -0.3 is 10.2 Å². The number of amides is 1. The van der Waals surface area contributed by atoms with E-state index in [9.17, 15) is 13.2 Å². The summed E-state index contributed by atoms with van der Waals surface area (Å²) in [7, 11) is -1.52. The molecule has 1 amide bonds. The lowest BCUT2D eigenvalue weighted by molar-refractivity contribution is -0.120. The number of nitrogens with zero attached hydrogens (tertiary/aromatic N) is 2. The fourth-order valence-electron chi connectivity index (χ4n) is 3.16. The molecule has 2 aromatic carbocycles. The van der Waals surface area contributed by atoms with Gasteiger partial charge in [0.25, 0.3) is 0 Å². The van der Waals surface area contributed by atoms with Gasteiger partial charge in [0.1, 0.15) is 0 Å². The Hall–Kier alpha value is -2.22. The molecule has 0 saturated carbocycles. The second kappa shape index (κ2) is 8.03. The van der Waals surface area contributed by atoms with Crippen molar-refractivity contribution in [1.29, 1.82) is 0 Å². The number of benzene rings is 2. The maximum Gasteiger partial charge on any atom is 0.243 e. The van der Waals surface area contributed by atoms with Gasteiger partial charge in [-0.25, -0.2) is 8.42 Å². The highest BCUT2D eigenvalue weighted by Crippen LogP contribution is 2.26. The molecule has 7 heteroatoms. The summed E-state index contributed by atoms with van der Waals surface area (Å²) in [5.41, 5.74) is 0.791. The molecule has 0 bridgehead atoms. The van der Waals surface area contributed by atoms with Gasteiger partial charge >= 0.3 is 0 Å². The molecule has 6 nitrogen and oxygen atoms in total. The first kappa shape index (κ1) is 20.5. The van der Waals surface area contributed by atoms with Gasteiger partial charge in [-0.2, -0.15) is 4.31 Å². The number of carbonyl (C=O) groups excluding carboxylic acids is 1. The predicted octanol–water partition coefficient (Wildman–Crippen LogP) is 2.54. The van der Waals surface area contributed by atoms with Crippen LogP contribution in [-0.2, 0) is 20.2 Å². The molecule has 0 aromatic heterocycles. The summed E-state index contributed by atoms with van der Waals surface area (Å²) < 4.78 is 27.1. The lowest BCUT2D eigenvalue weighted by Crippen LogP contribution is -2.46. The summed E-state index contributed by atoms with van der Waals surface area (Å²) in [6.45, 7) is 6.16. The van der Waals surface area contributed by atoms with E-state index in [-0.39, 0.29) is 10.8 Å². The zero-order valence-electron chi connectivity index (χ0n) is 16.6. The topological polar surface area (TPSA) is 69.7 Å². The molecular formula is C21H27N3O3S. The van der Waals surface area contributed by atoms with Crippen molar-refractivity contribution < 1.29 is 13.2 Å². The van der Waals surface area contributed by atoms with Gasteiger partial charge in [0.05, 0.1) is 10.3 Å². The number of nitrogens with one attached hydrogen (secondary N) is 1. The Morgan fingerprint density at radius 2 is 1.50 bits per heavy atom. The molecule has 1 fully saturated rings. The minimum absolute atomic E-state index is 0.145. The third-order valence-corrected chi connectivity index (χ3v) is 7.19. The highest BCUT2D eigenvalue weighted by atomic mass is 32.2. The first-order chi connectivity index (χ1) is 13.2. The summed E-state index contributed by atoms with van der Waals surface area (Å²) in [5.74, 6) is -0.145. The second-order valence-corrected chi connectivity index (χ2v) is 9.61. The van der Waals surface area contributed by atoms with Gasteiger partial charge in [0.15, 0.2) is 0 Å². The van der Waals surface area contributed by atoms with Crippen LogP contribution >= 0.6 is 0 Å². The van der Waals surface area contributed by atoms with Gasteiger partial charge in [0, 0.05) is 31.9 Å². The minimum atomic E-state index is -3.51. The van der Waals surface area contributed by atoms with Crippen LogP contribution in [0.3, 0.4) is 0 Å². The molecule has 1 aliphatic heterocycles. The van der Waals surface area contributed by atoms with Crippen LogP contribution in [0.15, 0.2) is 59.5 Å². The van der Waals surface area contributed by atoms with E-state index >= 15 is 0 Å². The van der Waals surface area contributed by atoms with E-state index in [0.717, 1.165) is 18.7 Å². The highest BCUT2D eigenvalue weighted by molar-refractivity contribution is 7.89. The van der Waals surface area contributed by atoms with E-state index in [1.165, 1.54) is 4.31 Å². The Bertz CT molecular complexity index is 917. The van der Waals surface area contributed by atoms with Gasteiger partial charge in [-0.3, -0.25) is 4.79 Å². The van der Waals surface area contributed by atoms with Crippen molar-refractivity contribution >= 4 is 21.6 Å². The number of sulfonamides is 1. The monoisotopic (exact) mass is 401 g/mol. The number of hydrogen-bond donors (Lipinski definition) is 1. The third kappa shape index (κ3) is 4.27.